The van der Waals surface area contributed by atoms with Crippen molar-refractivity contribution in [2.75, 3.05) is 62.4 Å². The molecule has 0 spiro atoms. The van der Waals surface area contributed by atoms with Gasteiger partial charge in [-0.3, -0.25) is 4.79 Å². The fraction of sp³-hybridized carbons (Fsp3) is 0.381. The molecule has 0 unspecified atom stereocenters. The van der Waals surface area contributed by atoms with E-state index in [0.717, 1.165) is 43.3 Å². The number of para-hydroxylation sites is 2. The minimum absolute atomic E-state index is 0.00950. The normalized spacial score (nSPS) is 14.7. The van der Waals surface area contributed by atoms with E-state index in [4.69, 9.17) is 4.74 Å². The van der Waals surface area contributed by atoms with Crippen LogP contribution in [0.25, 0.3) is 0 Å². The number of nitrogens with zero attached hydrogens (tertiary/aromatic N) is 2. The second kappa shape index (κ2) is 9.28. The Morgan fingerprint density at radius 2 is 1.74 bits per heavy atom. The predicted molar refractivity (Wildman–Crippen MR) is 111 cm³/mol. The molecule has 0 radical (unpaired) electrons. The molecule has 0 saturated carbocycles. The first-order chi connectivity index (χ1) is 13.2. The number of rotatable bonds is 7. The molecule has 27 heavy (non-hydrogen) atoms. The van der Waals surface area contributed by atoms with Crippen molar-refractivity contribution >= 4 is 23.0 Å². The first-order valence-electron chi connectivity index (χ1n) is 9.36. The lowest BCUT2D eigenvalue weighted by Crippen LogP contribution is -2.44. The Hall–Kier alpha value is -2.73. The van der Waals surface area contributed by atoms with Crippen LogP contribution in [0.5, 0.6) is 5.75 Å². The highest BCUT2D eigenvalue weighted by Crippen LogP contribution is 2.23. The number of hydrogen-bond acceptors (Lipinski definition) is 5. The van der Waals surface area contributed by atoms with Gasteiger partial charge in [0, 0.05) is 50.5 Å². The summed E-state index contributed by atoms with van der Waals surface area (Å²) in [5, 5.41) is 6.20. The summed E-state index contributed by atoms with van der Waals surface area (Å²) in [7, 11) is 3.79. The molecule has 1 aliphatic heterocycles. The number of methoxy groups -OCH3 is 1. The van der Waals surface area contributed by atoms with Gasteiger partial charge in [-0.2, -0.15) is 0 Å². The molecule has 0 bridgehead atoms. The van der Waals surface area contributed by atoms with Crippen LogP contribution in [-0.4, -0.2) is 57.7 Å². The van der Waals surface area contributed by atoms with Gasteiger partial charge in [0.15, 0.2) is 0 Å². The van der Waals surface area contributed by atoms with Crippen LogP contribution in [-0.2, 0) is 4.79 Å². The highest BCUT2D eigenvalue weighted by atomic mass is 16.5. The molecule has 0 aliphatic carbocycles. The number of carbonyl (C=O) groups excluding carboxylic acids is 1. The van der Waals surface area contributed by atoms with Gasteiger partial charge in [0.05, 0.1) is 12.8 Å². The number of piperazine rings is 1. The Balaban J connectivity index is 1.45. The van der Waals surface area contributed by atoms with Crippen LogP contribution in [0.1, 0.15) is 6.42 Å². The molecular formula is C21H28N4O2. The van der Waals surface area contributed by atoms with E-state index in [9.17, 15) is 4.79 Å². The number of benzene rings is 2. The third-order valence-corrected chi connectivity index (χ3v) is 4.79. The van der Waals surface area contributed by atoms with Gasteiger partial charge in [0.25, 0.3) is 0 Å². The van der Waals surface area contributed by atoms with Gasteiger partial charge >= 0.3 is 0 Å². The van der Waals surface area contributed by atoms with Crippen LogP contribution in [0.15, 0.2) is 48.5 Å². The smallest absolute Gasteiger partial charge is 0.226 e. The van der Waals surface area contributed by atoms with Crippen molar-refractivity contribution in [3.05, 3.63) is 48.5 Å². The lowest BCUT2D eigenvalue weighted by molar-refractivity contribution is -0.115. The fourth-order valence-electron chi connectivity index (χ4n) is 3.15. The Morgan fingerprint density at radius 3 is 2.44 bits per heavy atom. The first-order valence-corrected chi connectivity index (χ1v) is 9.36. The number of carbonyl (C=O) groups is 1. The number of hydrogen-bond donors (Lipinski definition) is 2. The molecule has 1 saturated heterocycles. The largest absolute Gasteiger partial charge is 0.495 e. The zero-order valence-electron chi connectivity index (χ0n) is 16.1. The summed E-state index contributed by atoms with van der Waals surface area (Å²) < 4.78 is 5.30. The van der Waals surface area contributed by atoms with E-state index in [2.05, 4.69) is 39.6 Å². The van der Waals surface area contributed by atoms with Crippen molar-refractivity contribution in [3.8, 4) is 5.75 Å². The quantitative estimate of drug-likeness (QED) is 0.787. The van der Waals surface area contributed by atoms with Crippen molar-refractivity contribution in [2.24, 2.45) is 0 Å². The SMILES string of the molecule is COc1ccccc1NCCC(=O)Nc1ccc(N2CCN(C)CC2)cc1. The first kappa shape index (κ1) is 19.0. The van der Waals surface area contributed by atoms with Crippen molar-refractivity contribution in [2.45, 2.75) is 6.42 Å². The summed E-state index contributed by atoms with van der Waals surface area (Å²) in [5.74, 6) is 0.766. The average molecular weight is 368 g/mol. The van der Waals surface area contributed by atoms with Gasteiger partial charge in [0.1, 0.15) is 5.75 Å². The number of nitrogens with one attached hydrogen (secondary N) is 2. The molecule has 6 nitrogen and oxygen atoms in total. The Labute approximate surface area is 161 Å². The molecule has 3 rings (SSSR count). The molecular weight excluding hydrogens is 340 g/mol. The Kier molecular flexibility index (Phi) is 6.54. The second-order valence-electron chi connectivity index (χ2n) is 6.76. The van der Waals surface area contributed by atoms with Crippen molar-refractivity contribution in [1.29, 1.82) is 0 Å². The highest BCUT2D eigenvalue weighted by molar-refractivity contribution is 5.91. The summed E-state index contributed by atoms with van der Waals surface area (Å²) in [5.41, 5.74) is 2.93. The van der Waals surface area contributed by atoms with Gasteiger partial charge in [-0.05, 0) is 43.4 Å². The highest BCUT2D eigenvalue weighted by Gasteiger charge is 2.14. The molecule has 2 aromatic rings. The summed E-state index contributed by atoms with van der Waals surface area (Å²) in [4.78, 5) is 16.9. The van der Waals surface area contributed by atoms with E-state index in [1.165, 1.54) is 5.69 Å². The molecule has 1 amide bonds. The van der Waals surface area contributed by atoms with E-state index in [0.29, 0.717) is 13.0 Å². The Bertz CT molecular complexity index is 740. The molecule has 1 fully saturated rings. The second-order valence-corrected chi connectivity index (χ2v) is 6.76. The molecule has 2 aromatic carbocycles. The van der Waals surface area contributed by atoms with Crippen LogP contribution in [0.3, 0.4) is 0 Å². The van der Waals surface area contributed by atoms with E-state index < -0.39 is 0 Å². The van der Waals surface area contributed by atoms with Gasteiger partial charge in [-0.1, -0.05) is 12.1 Å². The van der Waals surface area contributed by atoms with Crippen LogP contribution in [0.4, 0.5) is 17.1 Å². The summed E-state index contributed by atoms with van der Waals surface area (Å²) in [6.07, 6.45) is 0.387. The molecule has 0 aromatic heterocycles. The molecule has 6 heteroatoms. The van der Waals surface area contributed by atoms with Crippen molar-refractivity contribution in [3.63, 3.8) is 0 Å². The third-order valence-electron chi connectivity index (χ3n) is 4.79. The van der Waals surface area contributed by atoms with Crippen LogP contribution >= 0.6 is 0 Å². The van der Waals surface area contributed by atoms with Gasteiger partial charge in [-0.15, -0.1) is 0 Å². The van der Waals surface area contributed by atoms with Crippen LogP contribution in [0.2, 0.25) is 0 Å². The molecule has 2 N–H and O–H groups in total. The average Bonchev–Trinajstić information content (AvgIpc) is 2.69. The zero-order chi connectivity index (χ0) is 19.1. The summed E-state index contributed by atoms with van der Waals surface area (Å²) in [6.45, 7) is 4.79. The van der Waals surface area contributed by atoms with Crippen molar-refractivity contribution in [1.82, 2.24) is 4.90 Å². The van der Waals surface area contributed by atoms with E-state index in [1.54, 1.807) is 7.11 Å². The summed E-state index contributed by atoms with van der Waals surface area (Å²) in [6, 6.07) is 15.8. The van der Waals surface area contributed by atoms with Gasteiger partial charge in [-0.25, -0.2) is 0 Å². The maximum atomic E-state index is 12.2. The standard InChI is InChI=1S/C21H28N4O2/c1-24-13-15-25(16-14-24)18-9-7-17(8-10-18)23-21(26)11-12-22-19-5-3-4-6-20(19)27-2/h3-10,22H,11-16H2,1-2H3,(H,23,26). The van der Waals surface area contributed by atoms with E-state index >= 15 is 0 Å². The molecule has 1 heterocycles. The fourth-order valence-corrected chi connectivity index (χ4v) is 3.15. The lowest BCUT2D eigenvalue weighted by Gasteiger charge is -2.34. The van der Waals surface area contributed by atoms with Crippen LogP contribution in [0, 0.1) is 0 Å². The number of likely N-dealkylation sites (N-methyl/N-ethyl adjacent to an activating group) is 1. The number of amides is 1. The number of ether oxygens (including phenoxy) is 1. The van der Waals surface area contributed by atoms with Crippen LogP contribution < -0.4 is 20.3 Å². The zero-order valence-corrected chi connectivity index (χ0v) is 16.1. The van der Waals surface area contributed by atoms with E-state index in [-0.39, 0.29) is 5.91 Å². The maximum absolute atomic E-state index is 12.2. The monoisotopic (exact) mass is 368 g/mol. The topological polar surface area (TPSA) is 56.8 Å². The molecule has 144 valence electrons. The minimum atomic E-state index is -0.00950. The minimum Gasteiger partial charge on any atom is -0.495 e. The molecule has 0 atom stereocenters. The Morgan fingerprint density at radius 1 is 1.04 bits per heavy atom. The third kappa shape index (κ3) is 5.37. The van der Waals surface area contributed by atoms with Gasteiger partial charge in [0.2, 0.25) is 5.91 Å². The van der Waals surface area contributed by atoms with Gasteiger partial charge < -0.3 is 25.2 Å². The number of anilines is 3. The maximum Gasteiger partial charge on any atom is 0.226 e. The molecule has 1 aliphatic rings. The predicted octanol–water partition coefficient (Wildman–Crippen LogP) is 2.89. The van der Waals surface area contributed by atoms with E-state index in [1.807, 2.05) is 36.4 Å². The summed E-state index contributed by atoms with van der Waals surface area (Å²) >= 11 is 0. The lowest BCUT2D eigenvalue weighted by atomic mass is 10.2. The van der Waals surface area contributed by atoms with Crippen molar-refractivity contribution < 1.29 is 9.53 Å².